The van der Waals surface area contributed by atoms with Gasteiger partial charge in [-0.1, -0.05) is 34.1 Å². The molecule has 0 N–H and O–H groups in total. The van der Waals surface area contributed by atoms with Crippen molar-refractivity contribution in [2.24, 2.45) is 0 Å². The molecule has 0 radical (unpaired) electrons. The molecule has 0 aliphatic carbocycles. The summed E-state index contributed by atoms with van der Waals surface area (Å²) >= 11 is 0. The number of rotatable bonds is 4. The van der Waals surface area contributed by atoms with E-state index in [9.17, 15) is 0 Å². The van der Waals surface area contributed by atoms with Crippen LogP contribution in [0, 0.1) is 6.92 Å². The highest BCUT2D eigenvalue weighted by Crippen LogP contribution is 2.26. The highest BCUT2D eigenvalue weighted by atomic mass is 15.1. The summed E-state index contributed by atoms with van der Waals surface area (Å²) in [6.45, 7) is 11.8. The number of hydrogen-bond acceptors (Lipinski definition) is 3. The third-order valence-electron chi connectivity index (χ3n) is 2.93. The van der Waals surface area contributed by atoms with Crippen LogP contribution in [0.15, 0.2) is 0 Å². The van der Waals surface area contributed by atoms with Crippen LogP contribution < -0.4 is 0 Å². The van der Waals surface area contributed by atoms with Crippen molar-refractivity contribution in [1.29, 1.82) is 0 Å². The Bertz CT molecular complexity index is 403. The number of nitrogens with zero attached hydrogens (tertiary/aromatic N) is 3. The fourth-order valence-corrected chi connectivity index (χ4v) is 2.18. The molecular weight excluding hydrogens is 222 g/mol. The predicted octanol–water partition coefficient (Wildman–Crippen LogP) is 3.10. The first kappa shape index (κ1) is 15.1. The van der Waals surface area contributed by atoms with E-state index in [1.807, 2.05) is 0 Å². The molecule has 3 heteroatoms. The standard InChI is InChI=1S/C15H27N3/c1-8-9-12-11(2)16-13(10-18(6)7)17-14(12)15(3,4)5/h8-10H2,1-7H3. The minimum Gasteiger partial charge on any atom is -0.302 e. The lowest BCUT2D eigenvalue weighted by molar-refractivity contribution is 0.386. The van der Waals surface area contributed by atoms with Gasteiger partial charge in [-0.25, -0.2) is 9.97 Å². The van der Waals surface area contributed by atoms with Gasteiger partial charge in [-0.15, -0.1) is 0 Å². The minimum atomic E-state index is 0.0826. The molecule has 0 aromatic carbocycles. The highest BCUT2D eigenvalue weighted by molar-refractivity contribution is 5.30. The Balaban J connectivity index is 3.28. The highest BCUT2D eigenvalue weighted by Gasteiger charge is 2.22. The minimum absolute atomic E-state index is 0.0826. The van der Waals surface area contributed by atoms with Crippen LogP contribution in [0.3, 0.4) is 0 Å². The third kappa shape index (κ3) is 3.77. The third-order valence-corrected chi connectivity index (χ3v) is 2.93. The van der Waals surface area contributed by atoms with E-state index in [2.05, 4.69) is 58.6 Å². The van der Waals surface area contributed by atoms with Crippen molar-refractivity contribution in [3.8, 4) is 0 Å². The maximum Gasteiger partial charge on any atom is 0.142 e. The van der Waals surface area contributed by atoms with Gasteiger partial charge in [0.15, 0.2) is 0 Å². The lowest BCUT2D eigenvalue weighted by Gasteiger charge is -2.24. The van der Waals surface area contributed by atoms with Gasteiger partial charge in [0.2, 0.25) is 0 Å². The quantitative estimate of drug-likeness (QED) is 0.821. The van der Waals surface area contributed by atoms with E-state index < -0.39 is 0 Å². The van der Waals surface area contributed by atoms with Gasteiger partial charge >= 0.3 is 0 Å². The second-order valence-electron chi connectivity index (χ2n) is 6.29. The number of aromatic nitrogens is 2. The summed E-state index contributed by atoms with van der Waals surface area (Å²) in [7, 11) is 4.10. The second-order valence-corrected chi connectivity index (χ2v) is 6.29. The van der Waals surface area contributed by atoms with Crippen LogP contribution in [0.2, 0.25) is 0 Å². The first-order valence-corrected chi connectivity index (χ1v) is 6.77. The molecule has 0 bridgehead atoms. The largest absolute Gasteiger partial charge is 0.302 e. The van der Waals surface area contributed by atoms with E-state index >= 15 is 0 Å². The maximum absolute atomic E-state index is 4.81. The average Bonchev–Trinajstić information content (AvgIpc) is 2.19. The van der Waals surface area contributed by atoms with Gasteiger partial charge in [0.1, 0.15) is 5.82 Å². The Morgan fingerprint density at radius 1 is 1.11 bits per heavy atom. The number of aryl methyl sites for hydroxylation is 1. The predicted molar refractivity (Wildman–Crippen MR) is 76.9 cm³/mol. The Morgan fingerprint density at radius 3 is 2.17 bits per heavy atom. The molecule has 0 saturated heterocycles. The van der Waals surface area contributed by atoms with Crippen LogP contribution in [0.4, 0.5) is 0 Å². The second kappa shape index (κ2) is 5.79. The Morgan fingerprint density at radius 2 is 1.72 bits per heavy atom. The molecule has 1 rings (SSSR count). The maximum atomic E-state index is 4.81. The summed E-state index contributed by atoms with van der Waals surface area (Å²) in [6, 6.07) is 0. The zero-order valence-corrected chi connectivity index (χ0v) is 13.0. The summed E-state index contributed by atoms with van der Waals surface area (Å²) in [4.78, 5) is 11.6. The molecule has 0 amide bonds. The van der Waals surface area contributed by atoms with Crippen molar-refractivity contribution in [3.63, 3.8) is 0 Å². The number of hydrogen-bond donors (Lipinski definition) is 0. The first-order chi connectivity index (χ1) is 8.25. The van der Waals surface area contributed by atoms with Crippen molar-refractivity contribution in [1.82, 2.24) is 14.9 Å². The summed E-state index contributed by atoms with van der Waals surface area (Å²) in [6.07, 6.45) is 2.21. The molecule has 1 heterocycles. The monoisotopic (exact) mass is 249 g/mol. The smallest absolute Gasteiger partial charge is 0.142 e. The molecule has 0 unspecified atom stereocenters. The van der Waals surface area contributed by atoms with Crippen LogP contribution >= 0.6 is 0 Å². The summed E-state index contributed by atoms with van der Waals surface area (Å²) in [5, 5.41) is 0. The van der Waals surface area contributed by atoms with Crippen LogP contribution in [0.1, 0.15) is 56.9 Å². The molecule has 1 aromatic heterocycles. The van der Waals surface area contributed by atoms with Crippen molar-refractivity contribution < 1.29 is 0 Å². The van der Waals surface area contributed by atoms with E-state index in [-0.39, 0.29) is 5.41 Å². The molecule has 0 atom stereocenters. The van der Waals surface area contributed by atoms with Gasteiger partial charge < -0.3 is 4.90 Å². The van der Waals surface area contributed by atoms with Crippen LogP contribution in [-0.2, 0) is 18.4 Å². The fraction of sp³-hybridized carbons (Fsp3) is 0.733. The van der Waals surface area contributed by atoms with Gasteiger partial charge in [0.05, 0.1) is 12.2 Å². The summed E-state index contributed by atoms with van der Waals surface area (Å²) in [5.41, 5.74) is 3.79. The topological polar surface area (TPSA) is 29.0 Å². The molecule has 0 aliphatic rings. The Hall–Kier alpha value is -0.960. The van der Waals surface area contributed by atoms with E-state index in [1.54, 1.807) is 0 Å². The summed E-state index contributed by atoms with van der Waals surface area (Å²) < 4.78 is 0. The van der Waals surface area contributed by atoms with Crippen LogP contribution in [0.25, 0.3) is 0 Å². The first-order valence-electron chi connectivity index (χ1n) is 6.77. The molecule has 1 aromatic rings. The van der Waals surface area contributed by atoms with Gasteiger partial charge in [0.25, 0.3) is 0 Å². The summed E-state index contributed by atoms with van der Waals surface area (Å²) in [5.74, 6) is 0.933. The Kier molecular flexibility index (Phi) is 4.85. The van der Waals surface area contributed by atoms with E-state index in [4.69, 9.17) is 4.98 Å². The molecule has 18 heavy (non-hydrogen) atoms. The molecule has 0 saturated carbocycles. The van der Waals surface area contributed by atoms with E-state index in [0.29, 0.717) is 0 Å². The van der Waals surface area contributed by atoms with Gasteiger partial charge in [-0.2, -0.15) is 0 Å². The lowest BCUT2D eigenvalue weighted by atomic mass is 9.86. The SMILES string of the molecule is CCCc1c(C)nc(CN(C)C)nc1C(C)(C)C. The lowest BCUT2D eigenvalue weighted by Crippen LogP contribution is -2.22. The molecule has 3 nitrogen and oxygen atoms in total. The normalized spacial score (nSPS) is 12.2. The molecule has 0 aliphatic heterocycles. The zero-order chi connectivity index (χ0) is 13.9. The van der Waals surface area contributed by atoms with Gasteiger partial charge in [0, 0.05) is 11.1 Å². The Labute approximate surface area is 112 Å². The van der Waals surface area contributed by atoms with E-state index in [1.165, 1.54) is 11.3 Å². The van der Waals surface area contributed by atoms with Crippen molar-refractivity contribution >= 4 is 0 Å². The van der Waals surface area contributed by atoms with Gasteiger partial charge in [-0.3, -0.25) is 0 Å². The fourth-order valence-electron chi connectivity index (χ4n) is 2.18. The van der Waals surface area contributed by atoms with Crippen LogP contribution in [-0.4, -0.2) is 29.0 Å². The zero-order valence-electron chi connectivity index (χ0n) is 13.0. The van der Waals surface area contributed by atoms with Gasteiger partial charge in [-0.05, 0) is 33.0 Å². The van der Waals surface area contributed by atoms with Crippen molar-refractivity contribution in [2.75, 3.05) is 14.1 Å². The van der Waals surface area contributed by atoms with Crippen molar-refractivity contribution in [2.45, 2.75) is 59.4 Å². The molecular formula is C15H27N3. The molecule has 0 fully saturated rings. The van der Waals surface area contributed by atoms with Crippen molar-refractivity contribution in [3.05, 3.63) is 22.8 Å². The molecule has 102 valence electrons. The average molecular weight is 249 g/mol. The van der Waals surface area contributed by atoms with E-state index in [0.717, 1.165) is 30.9 Å². The molecule has 0 spiro atoms. The van der Waals surface area contributed by atoms with Crippen LogP contribution in [0.5, 0.6) is 0 Å².